The second-order valence-corrected chi connectivity index (χ2v) is 6.72. The Morgan fingerprint density at radius 2 is 1.45 bits per heavy atom. The molecule has 7 N–H and O–H groups in total. The van der Waals surface area contributed by atoms with Gasteiger partial charge in [0.1, 0.15) is 15.5 Å². The Labute approximate surface area is 147 Å². The number of benzene rings is 2. The van der Waals surface area contributed by atoms with Crippen LogP contribution in [0.25, 0.3) is 10.8 Å². The first-order chi connectivity index (χ1) is 9.03. The predicted molar refractivity (Wildman–Crippen MR) is 80.4 cm³/mol. The Bertz CT molecular complexity index is 924. The third kappa shape index (κ3) is 3.70. The maximum atomic E-state index is 11.3. The van der Waals surface area contributed by atoms with E-state index in [9.17, 15) is 21.9 Å². The summed E-state index contributed by atoms with van der Waals surface area (Å²) in [5.41, 5.74) is 5.02. The molecule has 0 radical (unpaired) electrons. The molecule has 0 saturated heterocycles. The molecule has 0 amide bonds. The zero-order valence-corrected chi connectivity index (χ0v) is 11.8. The number of hydrogen-bond donors (Lipinski definition) is 4. The Morgan fingerprint density at radius 1 is 0.955 bits per heavy atom. The third-order valence-corrected chi connectivity index (χ3v) is 4.45. The minimum atomic E-state index is -4.84. The van der Waals surface area contributed by atoms with Crippen LogP contribution in [0.4, 0.5) is 5.69 Å². The molecule has 2 aromatic rings. The molecule has 0 aliphatic heterocycles. The van der Waals surface area contributed by atoms with Crippen LogP contribution in [0.2, 0.25) is 0 Å². The van der Waals surface area contributed by atoms with Gasteiger partial charge in [-0.3, -0.25) is 9.11 Å². The summed E-state index contributed by atoms with van der Waals surface area (Å²) in [6.07, 6.45) is 0. The minimum absolute atomic E-state index is 0. The molecule has 2 rings (SSSR count). The van der Waals surface area contributed by atoms with Crippen molar-refractivity contribution in [1.29, 1.82) is 0 Å². The standard InChI is InChI=1S/C10H9NO7S2.Na.H2O.H/c11-10-8(20(16,17)18)4-7(19(13,14)15)5-2-1-3-6(12)9(5)10;;;/h1-4,12H,11H2,(H,13,14,15)(H,16,17,18);;1H2;. The quantitative estimate of drug-likeness (QED) is 0.302. The molecule has 0 unspecified atom stereocenters. The average molecular weight is 361 g/mol. The fourth-order valence-electron chi connectivity index (χ4n) is 1.85. The number of nitrogen functional groups attached to an aromatic ring is 1. The summed E-state index contributed by atoms with van der Waals surface area (Å²) in [6.45, 7) is 0. The molecule has 0 atom stereocenters. The van der Waals surface area contributed by atoms with Gasteiger partial charge in [-0.25, -0.2) is 0 Å². The van der Waals surface area contributed by atoms with Gasteiger partial charge in [0.25, 0.3) is 20.2 Å². The van der Waals surface area contributed by atoms with E-state index in [0.717, 1.165) is 6.07 Å². The number of phenols is 1. The first-order valence-corrected chi connectivity index (χ1v) is 7.90. The molecule has 0 heterocycles. The van der Waals surface area contributed by atoms with Crippen molar-refractivity contribution < 1.29 is 36.5 Å². The van der Waals surface area contributed by atoms with Gasteiger partial charge in [0.2, 0.25) is 0 Å². The summed E-state index contributed by atoms with van der Waals surface area (Å²) in [7, 11) is -9.62. The van der Waals surface area contributed by atoms with E-state index in [1.807, 2.05) is 0 Å². The van der Waals surface area contributed by atoms with E-state index in [1.54, 1.807) is 0 Å². The van der Waals surface area contributed by atoms with Crippen LogP contribution in [0.5, 0.6) is 5.75 Å². The van der Waals surface area contributed by atoms with Crippen LogP contribution in [0.1, 0.15) is 0 Å². The van der Waals surface area contributed by atoms with Gasteiger partial charge in [-0.05, 0) is 12.1 Å². The van der Waals surface area contributed by atoms with Crippen LogP contribution >= 0.6 is 0 Å². The van der Waals surface area contributed by atoms with Gasteiger partial charge >= 0.3 is 29.6 Å². The van der Waals surface area contributed by atoms with Crippen molar-refractivity contribution in [3.05, 3.63) is 24.3 Å². The predicted octanol–water partition coefficient (Wildman–Crippen LogP) is -0.852. The molecule has 0 aromatic heterocycles. The first-order valence-electron chi connectivity index (χ1n) is 5.02. The van der Waals surface area contributed by atoms with Crippen molar-refractivity contribution in [2.45, 2.75) is 9.79 Å². The molecule has 0 spiro atoms. The van der Waals surface area contributed by atoms with Gasteiger partial charge in [0.15, 0.2) is 0 Å². The van der Waals surface area contributed by atoms with Gasteiger partial charge in [0.05, 0.1) is 5.69 Å². The number of phenolic OH excluding ortho intramolecular Hbond substituents is 1. The van der Waals surface area contributed by atoms with Crippen LogP contribution in [0.3, 0.4) is 0 Å². The Hall–Kier alpha value is -0.920. The zero-order valence-electron chi connectivity index (χ0n) is 10.2. The summed E-state index contributed by atoms with van der Waals surface area (Å²) >= 11 is 0. The fourth-order valence-corrected chi connectivity index (χ4v) is 3.29. The van der Waals surface area contributed by atoms with Crippen molar-refractivity contribution in [2.75, 3.05) is 5.73 Å². The van der Waals surface area contributed by atoms with E-state index >= 15 is 0 Å². The second kappa shape index (κ2) is 6.68. The van der Waals surface area contributed by atoms with Crippen molar-refractivity contribution in [3.8, 4) is 5.75 Å². The molecule has 2 aromatic carbocycles. The normalized spacial score (nSPS) is 11.5. The van der Waals surface area contributed by atoms with Crippen LogP contribution in [-0.4, -0.2) is 66.1 Å². The van der Waals surface area contributed by atoms with Gasteiger partial charge in [-0.1, -0.05) is 12.1 Å². The Morgan fingerprint density at radius 3 is 1.91 bits per heavy atom. The van der Waals surface area contributed by atoms with Gasteiger partial charge in [-0.2, -0.15) is 16.8 Å². The molecule has 9 nitrogen and oxygen atoms in total. The Kier molecular flexibility index (Phi) is 6.40. The van der Waals surface area contributed by atoms with Crippen LogP contribution in [-0.2, 0) is 20.2 Å². The second-order valence-electron chi connectivity index (χ2n) is 3.94. The van der Waals surface area contributed by atoms with E-state index < -0.39 is 41.5 Å². The molecule has 0 saturated carbocycles. The van der Waals surface area contributed by atoms with Crippen LogP contribution in [0, 0.1) is 0 Å². The molecule has 22 heavy (non-hydrogen) atoms. The summed E-state index contributed by atoms with van der Waals surface area (Å²) < 4.78 is 63.2. The molecule has 12 heteroatoms. The topological polar surface area (TPSA) is 186 Å². The molecule has 0 bridgehead atoms. The van der Waals surface area contributed by atoms with Crippen molar-refractivity contribution in [2.24, 2.45) is 0 Å². The van der Waals surface area contributed by atoms with Crippen LogP contribution < -0.4 is 5.73 Å². The zero-order chi connectivity index (χ0) is 15.3. The van der Waals surface area contributed by atoms with E-state index in [1.165, 1.54) is 12.1 Å². The Balaban J connectivity index is 0.00000220. The van der Waals surface area contributed by atoms with Gasteiger partial charge in [-0.15, -0.1) is 0 Å². The van der Waals surface area contributed by atoms with Crippen molar-refractivity contribution >= 4 is 66.3 Å². The third-order valence-electron chi connectivity index (χ3n) is 2.66. The summed E-state index contributed by atoms with van der Waals surface area (Å²) in [5, 5.41) is 9.23. The van der Waals surface area contributed by atoms with Crippen LogP contribution in [0.15, 0.2) is 34.1 Å². The molecular weight excluding hydrogens is 349 g/mol. The average Bonchev–Trinajstić information content (AvgIpc) is 2.25. The van der Waals surface area contributed by atoms with Crippen molar-refractivity contribution in [1.82, 2.24) is 0 Å². The summed E-state index contributed by atoms with van der Waals surface area (Å²) in [5.74, 6) is -0.490. The number of anilines is 1. The SMILES string of the molecule is Nc1c(S(=O)(=O)O)cc(S(=O)(=O)O)c2cccc(O)c12.O.[NaH]. The number of rotatable bonds is 2. The monoisotopic (exact) mass is 361 g/mol. The fraction of sp³-hybridized carbons (Fsp3) is 0. The number of hydrogen-bond acceptors (Lipinski definition) is 6. The van der Waals surface area contributed by atoms with Crippen molar-refractivity contribution in [3.63, 3.8) is 0 Å². The number of aromatic hydroxyl groups is 1. The molecule has 118 valence electrons. The van der Waals surface area contributed by atoms with E-state index in [0.29, 0.717) is 6.07 Å². The van der Waals surface area contributed by atoms with E-state index in [4.69, 9.17) is 14.8 Å². The number of nitrogens with two attached hydrogens (primary N) is 1. The van der Waals surface area contributed by atoms with Gasteiger partial charge in [0, 0.05) is 10.8 Å². The van der Waals surface area contributed by atoms with E-state index in [2.05, 4.69) is 0 Å². The van der Waals surface area contributed by atoms with Gasteiger partial charge < -0.3 is 16.3 Å². The maximum absolute atomic E-state index is 11.3. The molecular formula is C10H12NNaO8S2. The van der Waals surface area contributed by atoms with E-state index in [-0.39, 0.29) is 45.8 Å². The number of fused-ring (bicyclic) bond motifs is 1. The summed E-state index contributed by atoms with van der Waals surface area (Å²) in [4.78, 5) is -1.70. The molecule has 0 aliphatic rings. The summed E-state index contributed by atoms with van der Waals surface area (Å²) in [6, 6.07) is 4.20. The molecule has 0 aliphatic carbocycles. The first kappa shape index (κ1) is 21.1. The molecule has 0 fully saturated rings.